The fourth-order valence-electron chi connectivity index (χ4n) is 1.47. The molecule has 0 saturated carbocycles. The van der Waals surface area contributed by atoms with Crippen molar-refractivity contribution in [1.82, 2.24) is 4.90 Å². The van der Waals surface area contributed by atoms with Crippen LogP contribution in [0.2, 0.25) is 0 Å². The predicted octanol–water partition coefficient (Wildman–Crippen LogP) is 0.573. The summed E-state index contributed by atoms with van der Waals surface area (Å²) in [4.78, 5) is 12.5. The summed E-state index contributed by atoms with van der Waals surface area (Å²) in [5.41, 5.74) is 6.69. The van der Waals surface area contributed by atoms with E-state index >= 15 is 0 Å². The van der Waals surface area contributed by atoms with Gasteiger partial charge in [0.15, 0.2) is 0 Å². The summed E-state index contributed by atoms with van der Waals surface area (Å²) in [6.07, 6.45) is 0.906. The molecule has 3 N–H and O–H groups in total. The maximum absolute atomic E-state index is 10.6. The Morgan fingerprint density at radius 3 is 2.62 bits per heavy atom. The first-order valence-electron chi connectivity index (χ1n) is 5.30. The maximum Gasteiger partial charge on any atom is 0.321 e. The molecule has 0 fully saturated rings. The van der Waals surface area contributed by atoms with Crippen LogP contribution in [0.1, 0.15) is 5.56 Å². The second-order valence-corrected chi connectivity index (χ2v) is 3.94. The zero-order chi connectivity index (χ0) is 12.0. The van der Waals surface area contributed by atoms with Crippen LogP contribution >= 0.6 is 0 Å². The number of rotatable bonds is 6. The van der Waals surface area contributed by atoms with E-state index in [1.165, 1.54) is 5.56 Å². The van der Waals surface area contributed by atoms with Crippen LogP contribution in [0.3, 0.4) is 0 Å². The molecule has 0 aliphatic rings. The van der Waals surface area contributed by atoms with Crippen molar-refractivity contribution < 1.29 is 9.90 Å². The summed E-state index contributed by atoms with van der Waals surface area (Å²) in [5.74, 6) is -0.952. The number of likely N-dealkylation sites (N-methyl/N-ethyl adjacent to an activating group) is 1. The van der Waals surface area contributed by atoms with Gasteiger partial charge in [-0.05, 0) is 19.0 Å². The SMILES string of the molecule is CN(CCc1ccccc1)C[C@H](N)C(=O)O. The molecule has 0 aliphatic carbocycles. The first-order chi connectivity index (χ1) is 7.59. The number of nitrogens with two attached hydrogens (primary N) is 1. The molecule has 16 heavy (non-hydrogen) atoms. The third-order valence-electron chi connectivity index (χ3n) is 2.45. The molecule has 0 heterocycles. The standard InChI is InChI=1S/C12H18N2O2/c1-14(9-11(13)12(15)16)8-7-10-5-3-2-4-6-10/h2-6,11H,7-9,13H2,1H3,(H,15,16)/t11-/m0/s1. The fourth-order valence-corrected chi connectivity index (χ4v) is 1.47. The zero-order valence-corrected chi connectivity index (χ0v) is 9.47. The van der Waals surface area contributed by atoms with Crippen molar-refractivity contribution in [1.29, 1.82) is 0 Å². The third kappa shape index (κ3) is 4.42. The van der Waals surface area contributed by atoms with Gasteiger partial charge in [0, 0.05) is 13.1 Å². The fraction of sp³-hybridized carbons (Fsp3) is 0.417. The summed E-state index contributed by atoms with van der Waals surface area (Å²) >= 11 is 0. The summed E-state index contributed by atoms with van der Waals surface area (Å²) in [7, 11) is 1.88. The summed E-state index contributed by atoms with van der Waals surface area (Å²) in [6, 6.07) is 9.29. The number of nitrogens with zero attached hydrogens (tertiary/aromatic N) is 1. The van der Waals surface area contributed by atoms with E-state index in [0.29, 0.717) is 6.54 Å². The van der Waals surface area contributed by atoms with Crippen molar-refractivity contribution in [2.75, 3.05) is 20.1 Å². The minimum absolute atomic E-state index is 0.377. The first-order valence-corrected chi connectivity index (χ1v) is 5.30. The molecule has 4 nitrogen and oxygen atoms in total. The number of benzene rings is 1. The average molecular weight is 222 g/mol. The Hall–Kier alpha value is -1.39. The molecule has 4 heteroatoms. The van der Waals surface area contributed by atoms with Crippen molar-refractivity contribution >= 4 is 5.97 Å². The van der Waals surface area contributed by atoms with E-state index in [1.807, 2.05) is 30.1 Å². The smallest absolute Gasteiger partial charge is 0.321 e. The minimum Gasteiger partial charge on any atom is -0.480 e. The van der Waals surface area contributed by atoms with E-state index < -0.39 is 12.0 Å². The number of carboxylic acids is 1. The van der Waals surface area contributed by atoms with Gasteiger partial charge in [-0.15, -0.1) is 0 Å². The molecule has 88 valence electrons. The topological polar surface area (TPSA) is 66.6 Å². The van der Waals surface area contributed by atoms with Crippen molar-refractivity contribution in [2.45, 2.75) is 12.5 Å². The highest BCUT2D eigenvalue weighted by atomic mass is 16.4. The van der Waals surface area contributed by atoms with Crippen LogP contribution in [0.5, 0.6) is 0 Å². The molecular formula is C12H18N2O2. The Labute approximate surface area is 95.7 Å². The molecule has 0 unspecified atom stereocenters. The molecule has 1 atom stereocenters. The van der Waals surface area contributed by atoms with Gasteiger partial charge in [0.2, 0.25) is 0 Å². The Bertz CT molecular complexity index is 327. The molecule has 0 saturated heterocycles. The summed E-state index contributed by atoms with van der Waals surface area (Å²) in [6.45, 7) is 1.19. The van der Waals surface area contributed by atoms with Gasteiger partial charge in [-0.3, -0.25) is 4.79 Å². The Balaban J connectivity index is 2.30. The van der Waals surface area contributed by atoms with Gasteiger partial charge in [0.05, 0.1) is 0 Å². The Morgan fingerprint density at radius 1 is 1.44 bits per heavy atom. The van der Waals surface area contributed by atoms with E-state index in [4.69, 9.17) is 10.8 Å². The van der Waals surface area contributed by atoms with Gasteiger partial charge in [-0.25, -0.2) is 0 Å². The van der Waals surface area contributed by atoms with E-state index in [1.54, 1.807) is 0 Å². The van der Waals surface area contributed by atoms with Gasteiger partial charge in [-0.1, -0.05) is 30.3 Å². The van der Waals surface area contributed by atoms with Crippen LogP contribution < -0.4 is 5.73 Å². The number of aliphatic carboxylic acids is 1. The molecular weight excluding hydrogens is 204 g/mol. The number of hydrogen-bond donors (Lipinski definition) is 2. The van der Waals surface area contributed by atoms with E-state index in [-0.39, 0.29) is 0 Å². The Kier molecular flexibility index (Phi) is 4.95. The van der Waals surface area contributed by atoms with Crippen LogP contribution in [0.15, 0.2) is 30.3 Å². The molecule has 0 aliphatic heterocycles. The lowest BCUT2D eigenvalue weighted by molar-refractivity contribution is -0.138. The van der Waals surface area contributed by atoms with Crippen molar-refractivity contribution in [3.8, 4) is 0 Å². The molecule has 0 amide bonds. The normalized spacial score (nSPS) is 12.7. The van der Waals surface area contributed by atoms with Crippen molar-refractivity contribution in [2.24, 2.45) is 5.73 Å². The van der Waals surface area contributed by atoms with E-state index in [9.17, 15) is 4.79 Å². The highest BCUT2D eigenvalue weighted by Crippen LogP contribution is 2.00. The van der Waals surface area contributed by atoms with E-state index in [0.717, 1.165) is 13.0 Å². The summed E-state index contributed by atoms with van der Waals surface area (Å²) in [5, 5.41) is 8.66. The number of carboxylic acid groups (broad SMARTS) is 1. The minimum atomic E-state index is -0.952. The second-order valence-electron chi connectivity index (χ2n) is 3.94. The van der Waals surface area contributed by atoms with Gasteiger partial charge in [0.1, 0.15) is 6.04 Å². The quantitative estimate of drug-likeness (QED) is 0.738. The highest BCUT2D eigenvalue weighted by Gasteiger charge is 2.13. The molecule has 0 radical (unpaired) electrons. The van der Waals surface area contributed by atoms with Crippen LogP contribution in [-0.2, 0) is 11.2 Å². The van der Waals surface area contributed by atoms with E-state index in [2.05, 4.69) is 12.1 Å². The zero-order valence-electron chi connectivity index (χ0n) is 9.47. The van der Waals surface area contributed by atoms with Crippen LogP contribution in [-0.4, -0.2) is 42.2 Å². The predicted molar refractivity (Wildman–Crippen MR) is 63.3 cm³/mol. The molecule has 0 spiro atoms. The molecule has 1 aromatic rings. The largest absolute Gasteiger partial charge is 0.480 e. The molecule has 0 aromatic heterocycles. The lowest BCUT2D eigenvalue weighted by atomic mass is 10.1. The molecule has 0 bridgehead atoms. The maximum atomic E-state index is 10.6. The van der Waals surface area contributed by atoms with Crippen LogP contribution in [0.4, 0.5) is 0 Å². The van der Waals surface area contributed by atoms with Gasteiger partial charge in [-0.2, -0.15) is 0 Å². The first kappa shape index (κ1) is 12.7. The summed E-state index contributed by atoms with van der Waals surface area (Å²) < 4.78 is 0. The second kappa shape index (κ2) is 6.25. The molecule has 1 rings (SSSR count). The van der Waals surface area contributed by atoms with Crippen LogP contribution in [0.25, 0.3) is 0 Å². The lowest BCUT2D eigenvalue weighted by Gasteiger charge is -2.18. The monoisotopic (exact) mass is 222 g/mol. The van der Waals surface area contributed by atoms with Crippen LogP contribution in [0, 0.1) is 0 Å². The number of hydrogen-bond acceptors (Lipinski definition) is 3. The molecule has 1 aromatic carbocycles. The van der Waals surface area contributed by atoms with Crippen molar-refractivity contribution in [3.05, 3.63) is 35.9 Å². The third-order valence-corrected chi connectivity index (χ3v) is 2.45. The number of carbonyl (C=O) groups is 1. The van der Waals surface area contributed by atoms with Gasteiger partial charge >= 0.3 is 5.97 Å². The Morgan fingerprint density at radius 2 is 2.06 bits per heavy atom. The van der Waals surface area contributed by atoms with Gasteiger partial charge < -0.3 is 15.7 Å². The highest BCUT2D eigenvalue weighted by molar-refractivity contribution is 5.73. The lowest BCUT2D eigenvalue weighted by Crippen LogP contribution is -2.41. The van der Waals surface area contributed by atoms with Crippen molar-refractivity contribution in [3.63, 3.8) is 0 Å². The average Bonchev–Trinajstić information content (AvgIpc) is 2.27. The van der Waals surface area contributed by atoms with Gasteiger partial charge in [0.25, 0.3) is 0 Å².